The van der Waals surface area contributed by atoms with Crippen LogP contribution in [-0.4, -0.2) is 30.3 Å². The summed E-state index contributed by atoms with van der Waals surface area (Å²) < 4.78 is 5.11. The van der Waals surface area contributed by atoms with E-state index in [4.69, 9.17) is 4.74 Å². The van der Waals surface area contributed by atoms with Gasteiger partial charge in [0.15, 0.2) is 6.61 Å². The molecule has 3 amide bonds. The molecule has 2 aliphatic rings. The molecular formula is C26H28N2O5. The summed E-state index contributed by atoms with van der Waals surface area (Å²) in [5, 5.41) is 2.70. The van der Waals surface area contributed by atoms with Crippen LogP contribution in [0.4, 0.5) is 11.4 Å². The van der Waals surface area contributed by atoms with Crippen molar-refractivity contribution >= 4 is 35.1 Å². The standard InChI is InChI=1S/C26H28N2O5/c1-15-4-11-21-22(12-15)25(31)28(24(21)30)20-9-6-18(7-10-20)26(32)33-14-23(29)27-19-8-5-16(2)17(3)13-19/h5-10,13,15,21-22H,4,11-12,14H2,1-3H3,(H,27,29)/t15-,21-,22+/m1/s1. The Kier molecular flexibility index (Phi) is 6.31. The zero-order valence-electron chi connectivity index (χ0n) is 19.1. The van der Waals surface area contributed by atoms with Gasteiger partial charge in [-0.05, 0) is 86.6 Å². The van der Waals surface area contributed by atoms with Gasteiger partial charge in [0.1, 0.15) is 0 Å². The largest absolute Gasteiger partial charge is 0.452 e. The molecule has 1 heterocycles. The summed E-state index contributed by atoms with van der Waals surface area (Å²) >= 11 is 0. The maximum Gasteiger partial charge on any atom is 0.338 e. The van der Waals surface area contributed by atoms with Crippen molar-refractivity contribution in [1.29, 1.82) is 0 Å². The first-order valence-corrected chi connectivity index (χ1v) is 11.3. The molecule has 172 valence electrons. The number of imide groups is 1. The fourth-order valence-electron chi connectivity index (χ4n) is 4.62. The van der Waals surface area contributed by atoms with E-state index >= 15 is 0 Å². The topological polar surface area (TPSA) is 92.8 Å². The van der Waals surface area contributed by atoms with Crippen LogP contribution in [0.25, 0.3) is 0 Å². The number of anilines is 2. The molecule has 1 saturated heterocycles. The highest BCUT2D eigenvalue weighted by molar-refractivity contribution is 6.22. The molecule has 0 spiro atoms. The summed E-state index contributed by atoms with van der Waals surface area (Å²) in [6.45, 7) is 5.63. The van der Waals surface area contributed by atoms with E-state index in [0.717, 1.165) is 30.4 Å². The molecule has 0 radical (unpaired) electrons. The molecule has 2 aromatic carbocycles. The van der Waals surface area contributed by atoms with E-state index in [1.54, 1.807) is 18.2 Å². The lowest BCUT2D eigenvalue weighted by Crippen LogP contribution is -2.30. The molecule has 2 aromatic rings. The molecule has 1 saturated carbocycles. The first kappa shape index (κ1) is 22.7. The van der Waals surface area contributed by atoms with Crippen molar-refractivity contribution < 1.29 is 23.9 Å². The molecule has 3 atom stereocenters. The van der Waals surface area contributed by atoms with Gasteiger partial charge in [0.25, 0.3) is 5.91 Å². The molecule has 2 fully saturated rings. The summed E-state index contributed by atoms with van der Waals surface area (Å²) in [5.41, 5.74) is 3.50. The molecular weight excluding hydrogens is 420 g/mol. The Bertz CT molecular complexity index is 1110. The molecule has 0 aromatic heterocycles. The number of hydrogen-bond acceptors (Lipinski definition) is 5. The normalized spacial score (nSPS) is 22.2. The van der Waals surface area contributed by atoms with Crippen molar-refractivity contribution in [1.82, 2.24) is 0 Å². The van der Waals surface area contributed by atoms with Gasteiger partial charge in [-0.2, -0.15) is 0 Å². The van der Waals surface area contributed by atoms with Gasteiger partial charge in [-0.1, -0.05) is 13.0 Å². The first-order chi connectivity index (χ1) is 15.7. The third kappa shape index (κ3) is 4.67. The average Bonchev–Trinajstić information content (AvgIpc) is 3.04. The fourth-order valence-corrected chi connectivity index (χ4v) is 4.62. The smallest absolute Gasteiger partial charge is 0.338 e. The summed E-state index contributed by atoms with van der Waals surface area (Å²) in [4.78, 5) is 51.4. The minimum Gasteiger partial charge on any atom is -0.452 e. The van der Waals surface area contributed by atoms with E-state index in [-0.39, 0.29) is 29.2 Å². The van der Waals surface area contributed by atoms with Crippen molar-refractivity contribution in [2.24, 2.45) is 17.8 Å². The minimum atomic E-state index is -0.654. The monoisotopic (exact) mass is 448 g/mol. The van der Waals surface area contributed by atoms with Crippen LogP contribution in [0.15, 0.2) is 42.5 Å². The Balaban J connectivity index is 1.35. The van der Waals surface area contributed by atoms with Gasteiger partial charge in [-0.3, -0.25) is 19.3 Å². The summed E-state index contributed by atoms with van der Waals surface area (Å²) in [6, 6.07) is 11.7. The molecule has 1 aliphatic heterocycles. The van der Waals surface area contributed by atoms with Crippen molar-refractivity contribution in [3.63, 3.8) is 0 Å². The Morgan fingerprint density at radius 2 is 1.67 bits per heavy atom. The number of nitrogens with zero attached hydrogens (tertiary/aromatic N) is 1. The Morgan fingerprint density at radius 1 is 0.970 bits per heavy atom. The fraction of sp³-hybridized carbons (Fsp3) is 0.385. The van der Waals surface area contributed by atoms with Gasteiger partial charge in [0, 0.05) is 5.69 Å². The highest BCUT2D eigenvalue weighted by Crippen LogP contribution is 2.42. The van der Waals surface area contributed by atoms with Gasteiger partial charge in [-0.15, -0.1) is 0 Å². The van der Waals surface area contributed by atoms with Crippen molar-refractivity contribution in [3.05, 3.63) is 59.2 Å². The van der Waals surface area contributed by atoms with Crippen LogP contribution < -0.4 is 10.2 Å². The highest BCUT2D eigenvalue weighted by atomic mass is 16.5. The number of amides is 3. The van der Waals surface area contributed by atoms with Gasteiger partial charge >= 0.3 is 5.97 Å². The van der Waals surface area contributed by atoms with Crippen LogP contribution in [-0.2, 0) is 19.1 Å². The molecule has 0 bridgehead atoms. The number of hydrogen-bond donors (Lipinski definition) is 1. The van der Waals surface area contributed by atoms with E-state index in [2.05, 4.69) is 12.2 Å². The lowest BCUT2D eigenvalue weighted by Gasteiger charge is -2.25. The number of benzene rings is 2. The number of aryl methyl sites for hydroxylation is 2. The predicted molar refractivity (Wildman–Crippen MR) is 124 cm³/mol. The summed E-state index contributed by atoms with van der Waals surface area (Å²) in [6.07, 6.45) is 2.43. The van der Waals surface area contributed by atoms with Crippen LogP contribution in [0.1, 0.15) is 47.7 Å². The van der Waals surface area contributed by atoms with Crippen LogP contribution in [0, 0.1) is 31.6 Å². The number of rotatable bonds is 5. The van der Waals surface area contributed by atoms with E-state index in [1.807, 2.05) is 26.0 Å². The maximum absolute atomic E-state index is 12.9. The summed E-state index contributed by atoms with van der Waals surface area (Å²) in [7, 11) is 0. The van der Waals surface area contributed by atoms with Gasteiger partial charge in [0.05, 0.1) is 23.1 Å². The molecule has 7 heteroatoms. The van der Waals surface area contributed by atoms with Gasteiger partial charge in [-0.25, -0.2) is 4.79 Å². The number of fused-ring (bicyclic) bond motifs is 1. The van der Waals surface area contributed by atoms with E-state index < -0.39 is 18.5 Å². The van der Waals surface area contributed by atoms with Crippen LogP contribution in [0.3, 0.4) is 0 Å². The Morgan fingerprint density at radius 3 is 2.36 bits per heavy atom. The number of esters is 1. The third-order valence-corrected chi connectivity index (χ3v) is 6.67. The second-order valence-electron chi connectivity index (χ2n) is 9.11. The maximum atomic E-state index is 12.9. The number of carbonyl (C=O) groups excluding carboxylic acids is 4. The summed E-state index contributed by atoms with van der Waals surface area (Å²) in [5.74, 6) is -1.46. The lowest BCUT2D eigenvalue weighted by atomic mass is 9.76. The van der Waals surface area contributed by atoms with Crippen molar-refractivity contribution in [2.75, 3.05) is 16.8 Å². The molecule has 33 heavy (non-hydrogen) atoms. The number of nitrogens with one attached hydrogen (secondary N) is 1. The van der Waals surface area contributed by atoms with Crippen LogP contribution in [0.2, 0.25) is 0 Å². The third-order valence-electron chi connectivity index (χ3n) is 6.67. The lowest BCUT2D eigenvalue weighted by molar-refractivity contribution is -0.122. The SMILES string of the molecule is Cc1ccc(NC(=O)COC(=O)c2ccc(N3C(=O)[C@H]4C[C@H](C)CC[C@H]4C3=O)cc2)cc1C. The molecule has 1 N–H and O–H groups in total. The molecule has 0 unspecified atom stereocenters. The Hall–Kier alpha value is -3.48. The highest BCUT2D eigenvalue weighted by Gasteiger charge is 2.49. The second-order valence-corrected chi connectivity index (χ2v) is 9.11. The average molecular weight is 449 g/mol. The van der Waals surface area contributed by atoms with Crippen LogP contribution >= 0.6 is 0 Å². The van der Waals surface area contributed by atoms with Crippen molar-refractivity contribution in [3.8, 4) is 0 Å². The zero-order valence-corrected chi connectivity index (χ0v) is 19.1. The molecule has 7 nitrogen and oxygen atoms in total. The quantitative estimate of drug-likeness (QED) is 0.551. The van der Waals surface area contributed by atoms with Crippen LogP contribution in [0.5, 0.6) is 0 Å². The first-order valence-electron chi connectivity index (χ1n) is 11.3. The van der Waals surface area contributed by atoms with Gasteiger partial charge in [0.2, 0.25) is 11.8 Å². The molecule has 4 rings (SSSR count). The predicted octanol–water partition coefficient (Wildman–Crippen LogP) is 4.02. The Labute approximate surface area is 193 Å². The van der Waals surface area contributed by atoms with E-state index in [1.165, 1.54) is 17.0 Å². The molecule has 1 aliphatic carbocycles. The van der Waals surface area contributed by atoms with E-state index in [9.17, 15) is 19.2 Å². The number of carbonyl (C=O) groups is 4. The zero-order chi connectivity index (χ0) is 23.7. The van der Waals surface area contributed by atoms with Crippen molar-refractivity contribution in [2.45, 2.75) is 40.0 Å². The van der Waals surface area contributed by atoms with Gasteiger partial charge < -0.3 is 10.1 Å². The number of ether oxygens (including phenoxy) is 1. The second kappa shape index (κ2) is 9.17. The minimum absolute atomic E-state index is 0.157. The van der Waals surface area contributed by atoms with E-state index in [0.29, 0.717) is 17.3 Å².